The van der Waals surface area contributed by atoms with Crippen molar-refractivity contribution in [3.8, 4) is 0 Å². The summed E-state index contributed by atoms with van der Waals surface area (Å²) in [5, 5.41) is 3.08. The van der Waals surface area contributed by atoms with Crippen LogP contribution in [-0.4, -0.2) is 43.8 Å². The third kappa shape index (κ3) is 8.30. The molecular formula is C17H34N2O2. The molecule has 0 aromatic carbocycles. The minimum absolute atomic E-state index is 0.0844. The Morgan fingerprint density at radius 1 is 1.05 bits per heavy atom. The van der Waals surface area contributed by atoms with Gasteiger partial charge in [0.2, 0.25) is 0 Å². The molecule has 1 rings (SSSR count). The van der Waals surface area contributed by atoms with Gasteiger partial charge in [-0.25, -0.2) is 4.79 Å². The average Bonchev–Trinajstić information content (AvgIpc) is 2.53. The zero-order valence-electron chi connectivity index (χ0n) is 14.0. The lowest BCUT2D eigenvalue weighted by Gasteiger charge is -2.27. The maximum atomic E-state index is 12.0. The molecule has 0 saturated carbocycles. The van der Waals surface area contributed by atoms with Gasteiger partial charge in [0, 0.05) is 19.6 Å². The first kappa shape index (κ1) is 18.3. The summed E-state index contributed by atoms with van der Waals surface area (Å²) in [4.78, 5) is 13.9. The normalized spacial score (nSPS) is 16.8. The van der Waals surface area contributed by atoms with Gasteiger partial charge < -0.3 is 15.0 Å². The van der Waals surface area contributed by atoms with Crippen molar-refractivity contribution in [3.63, 3.8) is 0 Å². The van der Waals surface area contributed by atoms with Crippen LogP contribution in [0.3, 0.4) is 0 Å². The van der Waals surface area contributed by atoms with E-state index in [1.165, 1.54) is 44.9 Å². The fourth-order valence-electron chi connectivity index (χ4n) is 2.87. The van der Waals surface area contributed by atoms with Gasteiger partial charge in [-0.3, -0.25) is 0 Å². The van der Waals surface area contributed by atoms with E-state index in [4.69, 9.17) is 4.74 Å². The largest absolute Gasteiger partial charge is 0.378 e. The van der Waals surface area contributed by atoms with Crippen molar-refractivity contribution in [2.24, 2.45) is 5.92 Å². The Balaban J connectivity index is 2.19. The summed E-state index contributed by atoms with van der Waals surface area (Å²) in [6, 6.07) is 0.0844. The van der Waals surface area contributed by atoms with Crippen LogP contribution in [0.4, 0.5) is 4.79 Å². The number of amides is 2. The van der Waals surface area contributed by atoms with Crippen LogP contribution in [0.1, 0.15) is 65.2 Å². The van der Waals surface area contributed by atoms with Crippen LogP contribution in [0.2, 0.25) is 0 Å². The number of carbonyl (C=O) groups excluding carboxylic acids is 1. The Morgan fingerprint density at radius 3 is 2.38 bits per heavy atom. The van der Waals surface area contributed by atoms with E-state index < -0.39 is 0 Å². The van der Waals surface area contributed by atoms with Crippen LogP contribution in [-0.2, 0) is 4.74 Å². The highest BCUT2D eigenvalue weighted by molar-refractivity contribution is 5.74. The second-order valence-corrected chi connectivity index (χ2v) is 6.12. The Kier molecular flexibility index (Phi) is 10.3. The van der Waals surface area contributed by atoms with Crippen LogP contribution >= 0.6 is 0 Å². The smallest absolute Gasteiger partial charge is 0.317 e. The first-order valence-electron chi connectivity index (χ1n) is 8.88. The first-order valence-corrected chi connectivity index (χ1v) is 8.88. The van der Waals surface area contributed by atoms with Gasteiger partial charge in [-0.15, -0.1) is 0 Å². The summed E-state index contributed by atoms with van der Waals surface area (Å²) in [6.45, 7) is 8.11. The number of unbranched alkanes of at least 4 members (excludes halogenated alkanes) is 3. The molecular weight excluding hydrogens is 264 g/mol. The van der Waals surface area contributed by atoms with E-state index >= 15 is 0 Å². The summed E-state index contributed by atoms with van der Waals surface area (Å²) in [7, 11) is 0. The minimum Gasteiger partial charge on any atom is -0.378 e. The molecule has 0 bridgehead atoms. The second kappa shape index (κ2) is 11.8. The highest BCUT2D eigenvalue weighted by Gasteiger charge is 2.16. The first-order chi connectivity index (χ1) is 10.3. The third-order valence-corrected chi connectivity index (χ3v) is 4.31. The van der Waals surface area contributed by atoms with Crippen LogP contribution in [0.5, 0.6) is 0 Å². The van der Waals surface area contributed by atoms with Crippen molar-refractivity contribution in [3.05, 3.63) is 0 Å². The van der Waals surface area contributed by atoms with E-state index in [-0.39, 0.29) is 6.03 Å². The predicted octanol–water partition coefficient (Wildman–Crippen LogP) is 3.81. The third-order valence-electron chi connectivity index (χ3n) is 4.31. The lowest BCUT2D eigenvalue weighted by Crippen LogP contribution is -2.46. The molecule has 21 heavy (non-hydrogen) atoms. The molecule has 1 aliphatic heterocycles. The Morgan fingerprint density at radius 2 is 1.71 bits per heavy atom. The predicted molar refractivity (Wildman–Crippen MR) is 87.6 cm³/mol. The summed E-state index contributed by atoms with van der Waals surface area (Å²) < 4.78 is 5.27. The highest BCUT2D eigenvalue weighted by Crippen LogP contribution is 2.19. The number of urea groups is 1. The van der Waals surface area contributed by atoms with E-state index in [9.17, 15) is 4.79 Å². The van der Waals surface area contributed by atoms with Crippen LogP contribution in [0, 0.1) is 5.92 Å². The topological polar surface area (TPSA) is 41.6 Å². The average molecular weight is 298 g/mol. The zero-order valence-corrected chi connectivity index (χ0v) is 14.0. The number of rotatable bonds is 10. The Hall–Kier alpha value is -0.770. The van der Waals surface area contributed by atoms with E-state index in [2.05, 4.69) is 19.2 Å². The summed E-state index contributed by atoms with van der Waals surface area (Å²) in [5.41, 5.74) is 0. The van der Waals surface area contributed by atoms with Crippen molar-refractivity contribution in [2.45, 2.75) is 65.2 Å². The molecule has 4 heteroatoms. The fraction of sp³-hybridized carbons (Fsp3) is 0.941. The molecule has 4 nitrogen and oxygen atoms in total. The van der Waals surface area contributed by atoms with Gasteiger partial charge in [0.1, 0.15) is 0 Å². The van der Waals surface area contributed by atoms with Crippen molar-refractivity contribution < 1.29 is 9.53 Å². The molecule has 1 N–H and O–H groups in total. The summed E-state index contributed by atoms with van der Waals surface area (Å²) in [5.74, 6) is 0.779. The molecule has 2 amide bonds. The maximum Gasteiger partial charge on any atom is 0.317 e. The van der Waals surface area contributed by atoms with Crippen LogP contribution < -0.4 is 5.32 Å². The lowest BCUT2D eigenvalue weighted by molar-refractivity contribution is 0.0531. The minimum atomic E-state index is 0.0844. The number of nitrogens with zero attached hydrogens (tertiary/aromatic N) is 1. The number of ether oxygens (including phenoxy) is 1. The van der Waals surface area contributed by atoms with Crippen molar-refractivity contribution >= 4 is 6.03 Å². The van der Waals surface area contributed by atoms with Crippen LogP contribution in [0.25, 0.3) is 0 Å². The number of nitrogens with one attached hydrogen (secondary N) is 1. The number of hydrogen-bond acceptors (Lipinski definition) is 2. The van der Waals surface area contributed by atoms with E-state index in [0.717, 1.165) is 32.0 Å². The van der Waals surface area contributed by atoms with Crippen molar-refractivity contribution in [1.82, 2.24) is 10.2 Å². The highest BCUT2D eigenvalue weighted by atomic mass is 16.5. The van der Waals surface area contributed by atoms with E-state index in [0.29, 0.717) is 13.2 Å². The molecule has 0 aromatic rings. The van der Waals surface area contributed by atoms with Gasteiger partial charge in [0.15, 0.2) is 0 Å². The van der Waals surface area contributed by atoms with Gasteiger partial charge in [-0.05, 0) is 12.3 Å². The Bertz CT molecular complexity index is 266. The number of morpholine rings is 1. The number of hydrogen-bond donors (Lipinski definition) is 1. The molecule has 1 atom stereocenters. The molecule has 1 aliphatic rings. The van der Waals surface area contributed by atoms with Gasteiger partial charge >= 0.3 is 6.03 Å². The second-order valence-electron chi connectivity index (χ2n) is 6.12. The lowest BCUT2D eigenvalue weighted by atomic mass is 9.92. The van der Waals surface area contributed by atoms with E-state index in [1.807, 2.05) is 4.90 Å². The molecule has 0 aliphatic carbocycles. The van der Waals surface area contributed by atoms with Crippen molar-refractivity contribution in [2.75, 3.05) is 32.8 Å². The quantitative estimate of drug-likeness (QED) is 0.623. The molecule has 1 unspecified atom stereocenters. The van der Waals surface area contributed by atoms with Gasteiger partial charge in [0.05, 0.1) is 13.2 Å². The standard InChI is InChI=1S/C17H34N2O2/c1-3-5-7-9-16(8-6-4-2)10-11-18-17(20)19-12-14-21-15-13-19/h16H,3-15H2,1-2H3,(H,18,20). The van der Waals surface area contributed by atoms with Gasteiger partial charge in [-0.2, -0.15) is 0 Å². The van der Waals surface area contributed by atoms with Crippen molar-refractivity contribution in [1.29, 1.82) is 0 Å². The maximum absolute atomic E-state index is 12.0. The number of carbonyl (C=O) groups is 1. The Labute approximate surface area is 130 Å². The molecule has 124 valence electrons. The molecule has 1 fully saturated rings. The summed E-state index contributed by atoms with van der Waals surface area (Å²) >= 11 is 0. The zero-order chi connectivity index (χ0) is 15.3. The SMILES string of the molecule is CCCCCC(CCCC)CCNC(=O)N1CCOCC1. The molecule has 1 saturated heterocycles. The van der Waals surface area contributed by atoms with E-state index in [1.54, 1.807) is 0 Å². The molecule has 1 heterocycles. The van der Waals surface area contributed by atoms with Gasteiger partial charge in [0.25, 0.3) is 0 Å². The molecule has 0 aromatic heterocycles. The van der Waals surface area contributed by atoms with Crippen LogP contribution in [0.15, 0.2) is 0 Å². The monoisotopic (exact) mass is 298 g/mol. The summed E-state index contributed by atoms with van der Waals surface area (Å²) in [6.07, 6.45) is 10.3. The fourth-order valence-corrected chi connectivity index (χ4v) is 2.87. The van der Waals surface area contributed by atoms with Gasteiger partial charge in [-0.1, -0.05) is 58.8 Å². The molecule has 0 spiro atoms. The molecule has 0 radical (unpaired) electrons.